The van der Waals surface area contributed by atoms with Gasteiger partial charge in [-0.2, -0.15) is 0 Å². The van der Waals surface area contributed by atoms with Gasteiger partial charge in [0.05, 0.1) is 77.3 Å². The predicted molar refractivity (Wildman–Crippen MR) is 588 cm³/mol. The van der Waals surface area contributed by atoms with E-state index >= 15 is 0 Å². The molecule has 5 heteroatoms. The van der Waals surface area contributed by atoms with E-state index < -0.39 is 0 Å². The van der Waals surface area contributed by atoms with Crippen LogP contribution in [0.3, 0.4) is 0 Å². The first-order valence-corrected chi connectivity index (χ1v) is 49.3. The number of benzene rings is 22. The van der Waals surface area contributed by atoms with Crippen molar-refractivity contribution in [3.05, 3.63) is 487 Å². The molecule has 0 saturated heterocycles. The summed E-state index contributed by atoms with van der Waals surface area (Å²) in [4.78, 5) is 0. The van der Waals surface area contributed by atoms with Gasteiger partial charge in [0.15, 0.2) is 0 Å². The molecule has 5 nitrogen and oxygen atoms in total. The van der Waals surface area contributed by atoms with Gasteiger partial charge < -0.3 is 22.5 Å². The monoisotopic (exact) mass is 1780 g/mol. The first-order chi connectivity index (χ1) is 69.1. The molecule has 0 radical (unpaired) electrons. The molecule has 0 N–H and O–H groups in total. The van der Waals surface area contributed by atoms with E-state index in [0.29, 0.717) is 0 Å². The Morgan fingerprint density at radius 2 is 0.536 bits per heavy atom. The number of aromatic nitrogens is 5. The number of rotatable bonds is 4. The van der Waals surface area contributed by atoms with Crippen LogP contribution in [0.5, 0.6) is 0 Å². The maximum absolute atomic E-state index is 2.60. The molecular formula is C135H85N5. The van der Waals surface area contributed by atoms with Crippen molar-refractivity contribution in [2.24, 2.45) is 0 Å². The van der Waals surface area contributed by atoms with E-state index in [4.69, 9.17) is 0 Å². The van der Waals surface area contributed by atoms with Crippen LogP contribution in [0.1, 0.15) is 72.2 Å². The SMILES string of the molecule is CC1(C)c2ccccc2-c2c1cc1ccccc1c2-n1c2cccc3c4ccccc4n4c5ccccc5c5ccc1c(c32)c54.CC1(C)c2ccccc2-c2ccc(-c3cccc(-n4c5cccc6c7ccccc7n7c8ccccc8c8ccc4c(c65)c87)c3)cc21.c1ccc2c(c1)-c1cccc3ccc4c(c13)c1c-2cccc1n4-c1ccc2c(c1)C1(c3ccccc3-c3ccccc31)c1ccccc1-2. The van der Waals surface area contributed by atoms with E-state index in [1.54, 1.807) is 0 Å². The molecule has 0 fully saturated rings. The molecule has 7 aromatic heterocycles. The van der Waals surface area contributed by atoms with E-state index in [2.05, 4.69) is 493 Å². The zero-order valence-corrected chi connectivity index (χ0v) is 77.4. The minimum absolute atomic E-state index is 0.0311. The second-order valence-electron chi connectivity index (χ2n) is 40.6. The minimum atomic E-state index is -0.372. The van der Waals surface area contributed by atoms with Crippen LogP contribution in [-0.4, -0.2) is 22.5 Å². The van der Waals surface area contributed by atoms with Crippen LogP contribution in [0, 0.1) is 0 Å². The van der Waals surface area contributed by atoms with E-state index in [9.17, 15) is 0 Å². The van der Waals surface area contributed by atoms with Crippen LogP contribution in [0.15, 0.2) is 443 Å². The quantitative estimate of drug-likeness (QED) is 0.168. The molecule has 0 bridgehead atoms. The third kappa shape index (κ3) is 9.61. The van der Waals surface area contributed by atoms with Gasteiger partial charge in [-0.25, -0.2) is 0 Å². The largest absolute Gasteiger partial charge is 0.309 e. The number of hydrogen-bond acceptors (Lipinski definition) is 0. The van der Waals surface area contributed by atoms with E-state index in [1.165, 1.54) is 303 Å². The summed E-state index contributed by atoms with van der Waals surface area (Å²) in [6, 6.07) is 166. The lowest BCUT2D eigenvalue weighted by molar-refractivity contribution is 0.660. The molecule has 140 heavy (non-hydrogen) atoms. The van der Waals surface area contributed by atoms with Gasteiger partial charge in [-0.05, 0) is 241 Å². The fourth-order valence-electron chi connectivity index (χ4n) is 27.7. The van der Waals surface area contributed by atoms with Crippen LogP contribution >= 0.6 is 0 Å². The number of nitrogens with zero attached hydrogens (tertiary/aromatic N) is 5. The lowest BCUT2D eigenvalue weighted by Crippen LogP contribution is -2.26. The molecule has 5 aliphatic carbocycles. The van der Waals surface area contributed by atoms with Crippen molar-refractivity contribution < 1.29 is 0 Å². The molecule has 29 aromatic rings. The first kappa shape index (κ1) is 76.6. The van der Waals surface area contributed by atoms with E-state index in [1.807, 2.05) is 0 Å². The summed E-state index contributed by atoms with van der Waals surface area (Å²) < 4.78 is 12.6. The third-order valence-electron chi connectivity index (χ3n) is 33.4. The van der Waals surface area contributed by atoms with E-state index in [-0.39, 0.29) is 16.2 Å². The van der Waals surface area contributed by atoms with Crippen LogP contribution in [0.2, 0.25) is 0 Å². The Morgan fingerprint density at radius 3 is 1.12 bits per heavy atom. The zero-order valence-electron chi connectivity index (χ0n) is 77.4. The summed E-state index contributed by atoms with van der Waals surface area (Å²) in [7, 11) is 0. The average Bonchev–Trinajstić information content (AvgIpc) is 1.50. The number of hydrogen-bond donors (Lipinski definition) is 0. The smallest absolute Gasteiger partial charge is 0.0726 e. The molecule has 22 aromatic carbocycles. The van der Waals surface area contributed by atoms with Crippen molar-refractivity contribution in [2.45, 2.75) is 43.9 Å². The maximum Gasteiger partial charge on any atom is 0.0726 e. The highest BCUT2D eigenvalue weighted by Crippen LogP contribution is 2.65. The summed E-state index contributed by atoms with van der Waals surface area (Å²) in [6.07, 6.45) is 0. The normalized spacial score (nSPS) is 14.0. The highest BCUT2D eigenvalue weighted by Gasteiger charge is 2.52. The van der Waals surface area contributed by atoms with Crippen molar-refractivity contribution in [3.8, 4) is 95.0 Å². The Balaban J connectivity index is 0.0000000950. The number of fused-ring (bicyclic) bond motifs is 32. The molecule has 0 saturated carbocycles. The third-order valence-corrected chi connectivity index (χ3v) is 33.4. The Hall–Kier alpha value is -17.6. The second kappa shape index (κ2) is 27.4. The Morgan fingerprint density at radius 1 is 0.171 bits per heavy atom. The fraction of sp³-hybridized carbons (Fsp3) is 0.0519. The van der Waals surface area contributed by atoms with E-state index in [0.717, 1.165) is 0 Å². The Kier molecular flexibility index (Phi) is 15.0. The summed E-state index contributed by atoms with van der Waals surface area (Å²) in [5.74, 6) is 0. The minimum Gasteiger partial charge on any atom is -0.309 e. The van der Waals surface area contributed by atoms with Gasteiger partial charge in [0.1, 0.15) is 0 Å². The molecular weight excluding hydrogens is 1690 g/mol. The molecule has 34 rings (SSSR count). The molecule has 7 heterocycles. The predicted octanol–water partition coefficient (Wildman–Crippen LogP) is 35.2. The summed E-state index contributed by atoms with van der Waals surface area (Å²) in [6.45, 7) is 9.49. The van der Waals surface area contributed by atoms with Crippen molar-refractivity contribution in [1.82, 2.24) is 22.5 Å². The van der Waals surface area contributed by atoms with Crippen LogP contribution in [0.4, 0.5) is 0 Å². The summed E-state index contributed by atoms with van der Waals surface area (Å²) >= 11 is 0. The topological polar surface area (TPSA) is 23.6 Å². The highest BCUT2D eigenvalue weighted by molar-refractivity contribution is 6.36. The van der Waals surface area contributed by atoms with Gasteiger partial charge in [-0.1, -0.05) is 373 Å². The van der Waals surface area contributed by atoms with Gasteiger partial charge >= 0.3 is 0 Å². The van der Waals surface area contributed by atoms with Crippen molar-refractivity contribution in [3.63, 3.8) is 0 Å². The van der Waals surface area contributed by atoms with Crippen LogP contribution < -0.4 is 0 Å². The van der Waals surface area contributed by atoms with Crippen LogP contribution in [-0.2, 0) is 16.2 Å². The lowest BCUT2D eigenvalue weighted by Gasteiger charge is -2.30. The van der Waals surface area contributed by atoms with Gasteiger partial charge in [0.2, 0.25) is 0 Å². The van der Waals surface area contributed by atoms with Crippen molar-refractivity contribution in [2.75, 3.05) is 0 Å². The molecule has 0 atom stereocenters. The Labute approximate surface area is 806 Å². The first-order valence-electron chi connectivity index (χ1n) is 49.3. The van der Waals surface area contributed by atoms with Gasteiger partial charge in [0, 0.05) is 97.8 Å². The van der Waals surface area contributed by atoms with Gasteiger partial charge in [0.25, 0.3) is 0 Å². The molecule has 650 valence electrons. The fourth-order valence-corrected chi connectivity index (χ4v) is 27.7. The molecule has 0 amide bonds. The maximum atomic E-state index is 2.60. The molecule has 0 aliphatic heterocycles. The molecule has 1 spiro atoms. The zero-order chi connectivity index (χ0) is 91.8. The van der Waals surface area contributed by atoms with Gasteiger partial charge in [-0.3, -0.25) is 0 Å². The molecule has 5 aliphatic rings. The Bertz CT molecular complexity index is 10600. The summed E-state index contributed by atoms with van der Waals surface area (Å²) in [5.41, 5.74) is 47.8. The van der Waals surface area contributed by atoms with Crippen molar-refractivity contribution >= 4 is 163 Å². The summed E-state index contributed by atoms with van der Waals surface area (Å²) in [5, 5.41) is 23.5. The standard InChI is InChI=1S/C47H27N.C45H30N2.C43H28N2/c1-2-13-31-30(12-1)36-17-9-11-28-23-26-43-46(44(28)36)45-37(31)18-10-22-42(45)48(43)29-24-25-35-34-16-5-8-21-40(34)47(41(35)27-29)38-19-6-3-14-32(38)33-15-4-7-20-39(33)47;1-45(2)36-17-6-3-13-30(36)31-22-21-28(26-37(31)45)27-11-9-12-29(25-27)46-40-20-10-16-34-32-14-4-7-18-38(32)47-39-19-8-5-15-33(39)35-23-24-41(46)43(42(34)40)44(35)47;1-43(2)32-18-8-5-16-31(32)38-33(43)24-25-12-3-4-13-26(25)41(38)45-36-21-11-17-29-27-14-6-9-19-34(27)44-35-20-10-7-15-28(35)30-22-23-37(45)40(39(29)36)42(30)44/h1-27H;3-26H,1-2H3;3-24H,1-2H3. The van der Waals surface area contributed by atoms with Crippen molar-refractivity contribution in [1.29, 1.82) is 0 Å². The second-order valence-corrected chi connectivity index (χ2v) is 40.6. The lowest BCUT2D eigenvalue weighted by atomic mass is 9.70. The van der Waals surface area contributed by atoms with Gasteiger partial charge in [-0.15, -0.1) is 0 Å². The number of para-hydroxylation sites is 4. The highest BCUT2D eigenvalue weighted by atomic mass is 15.0. The van der Waals surface area contributed by atoms with Crippen LogP contribution in [0.25, 0.3) is 258 Å². The average molecular weight is 1780 g/mol. The molecule has 0 unspecified atom stereocenters.